The minimum Gasteiger partial charge on any atom is -0.436 e. The number of aryl methyl sites for hydroxylation is 1. The summed E-state index contributed by atoms with van der Waals surface area (Å²) in [5.74, 6) is 2.01. The Kier molecular flexibility index (Phi) is 3.25. The summed E-state index contributed by atoms with van der Waals surface area (Å²) >= 11 is 0. The van der Waals surface area contributed by atoms with Crippen LogP contribution in [0.15, 0.2) is 42.9 Å². The molecule has 0 saturated heterocycles. The Labute approximate surface area is 117 Å². The second-order valence-corrected chi connectivity index (χ2v) is 4.53. The zero-order valence-electron chi connectivity index (χ0n) is 11.5. The SMILES string of the molecule is CCNc1cn2ccnc2c(Oc2ccc(C)cc2)n1. The summed E-state index contributed by atoms with van der Waals surface area (Å²) in [4.78, 5) is 8.75. The molecule has 20 heavy (non-hydrogen) atoms. The Bertz CT molecular complexity index is 718. The number of anilines is 1. The number of aromatic nitrogens is 3. The maximum absolute atomic E-state index is 5.86. The van der Waals surface area contributed by atoms with Gasteiger partial charge in [0.15, 0.2) is 0 Å². The number of rotatable bonds is 4. The lowest BCUT2D eigenvalue weighted by molar-refractivity contribution is 0.465. The van der Waals surface area contributed by atoms with Gasteiger partial charge in [-0.25, -0.2) is 4.98 Å². The molecule has 0 aliphatic rings. The molecule has 0 amide bonds. The van der Waals surface area contributed by atoms with E-state index in [0.29, 0.717) is 11.5 Å². The third-order valence-corrected chi connectivity index (χ3v) is 2.94. The van der Waals surface area contributed by atoms with E-state index in [9.17, 15) is 0 Å². The van der Waals surface area contributed by atoms with Gasteiger partial charge in [-0.3, -0.25) is 4.40 Å². The number of fused-ring (bicyclic) bond motifs is 1. The van der Waals surface area contributed by atoms with E-state index in [1.807, 2.05) is 54.9 Å². The zero-order valence-corrected chi connectivity index (χ0v) is 11.5. The standard InChI is InChI=1S/C15H16N4O/c1-3-16-13-10-19-9-8-17-14(19)15(18-13)20-12-6-4-11(2)5-7-12/h4-10,16H,3H2,1-2H3. The average Bonchev–Trinajstić information content (AvgIpc) is 2.90. The van der Waals surface area contributed by atoms with Gasteiger partial charge in [-0.05, 0) is 26.0 Å². The second-order valence-electron chi connectivity index (χ2n) is 4.53. The highest BCUT2D eigenvalue weighted by atomic mass is 16.5. The molecule has 0 aliphatic heterocycles. The summed E-state index contributed by atoms with van der Waals surface area (Å²) in [7, 11) is 0. The molecular weight excluding hydrogens is 252 g/mol. The van der Waals surface area contributed by atoms with E-state index in [1.54, 1.807) is 6.20 Å². The predicted octanol–water partition coefficient (Wildman–Crippen LogP) is 3.26. The molecule has 0 fully saturated rings. The molecule has 3 rings (SSSR count). The van der Waals surface area contributed by atoms with Gasteiger partial charge in [0, 0.05) is 18.9 Å². The average molecular weight is 268 g/mol. The molecule has 102 valence electrons. The van der Waals surface area contributed by atoms with Crippen LogP contribution in [0.5, 0.6) is 11.6 Å². The van der Waals surface area contributed by atoms with Crippen molar-refractivity contribution in [3.8, 4) is 11.6 Å². The van der Waals surface area contributed by atoms with Crippen LogP contribution < -0.4 is 10.1 Å². The summed E-state index contributed by atoms with van der Waals surface area (Å²) in [6.07, 6.45) is 5.50. The van der Waals surface area contributed by atoms with Crippen molar-refractivity contribution in [3.63, 3.8) is 0 Å². The molecule has 1 aromatic carbocycles. The molecule has 0 bridgehead atoms. The van der Waals surface area contributed by atoms with E-state index < -0.39 is 0 Å². The molecule has 0 atom stereocenters. The summed E-state index contributed by atoms with van der Waals surface area (Å²) in [5, 5.41) is 3.19. The Morgan fingerprint density at radius 2 is 2.05 bits per heavy atom. The van der Waals surface area contributed by atoms with Crippen LogP contribution >= 0.6 is 0 Å². The molecule has 0 spiro atoms. The zero-order chi connectivity index (χ0) is 13.9. The van der Waals surface area contributed by atoms with Crippen molar-refractivity contribution in [1.29, 1.82) is 0 Å². The first kappa shape index (κ1) is 12.5. The van der Waals surface area contributed by atoms with Gasteiger partial charge in [0.2, 0.25) is 5.65 Å². The van der Waals surface area contributed by atoms with Gasteiger partial charge in [-0.2, -0.15) is 4.98 Å². The molecule has 0 radical (unpaired) electrons. The number of nitrogens with one attached hydrogen (secondary N) is 1. The Morgan fingerprint density at radius 1 is 1.25 bits per heavy atom. The quantitative estimate of drug-likeness (QED) is 0.789. The van der Waals surface area contributed by atoms with Gasteiger partial charge < -0.3 is 10.1 Å². The number of imidazole rings is 1. The van der Waals surface area contributed by atoms with Crippen molar-refractivity contribution in [2.75, 3.05) is 11.9 Å². The molecule has 5 heteroatoms. The molecule has 5 nitrogen and oxygen atoms in total. The number of hydrogen-bond donors (Lipinski definition) is 1. The monoisotopic (exact) mass is 268 g/mol. The van der Waals surface area contributed by atoms with Gasteiger partial charge in [0.25, 0.3) is 5.88 Å². The van der Waals surface area contributed by atoms with E-state index >= 15 is 0 Å². The minimum atomic E-state index is 0.498. The van der Waals surface area contributed by atoms with E-state index in [1.165, 1.54) is 5.56 Å². The van der Waals surface area contributed by atoms with Crippen molar-refractivity contribution < 1.29 is 4.74 Å². The fourth-order valence-electron chi connectivity index (χ4n) is 1.96. The number of hydrogen-bond acceptors (Lipinski definition) is 4. The molecule has 0 aliphatic carbocycles. The molecule has 0 unspecified atom stereocenters. The lowest BCUT2D eigenvalue weighted by atomic mass is 10.2. The third-order valence-electron chi connectivity index (χ3n) is 2.94. The first-order valence-corrected chi connectivity index (χ1v) is 6.58. The number of nitrogens with zero attached hydrogens (tertiary/aromatic N) is 3. The molecule has 0 saturated carbocycles. The lowest BCUT2D eigenvalue weighted by Gasteiger charge is -2.09. The molecule has 1 N–H and O–H groups in total. The lowest BCUT2D eigenvalue weighted by Crippen LogP contribution is -2.03. The number of ether oxygens (including phenoxy) is 1. The molecule has 2 aromatic heterocycles. The fraction of sp³-hybridized carbons (Fsp3) is 0.200. The third kappa shape index (κ3) is 2.42. The summed E-state index contributed by atoms with van der Waals surface area (Å²) in [5.41, 5.74) is 1.89. The van der Waals surface area contributed by atoms with Crippen molar-refractivity contribution in [2.24, 2.45) is 0 Å². The highest BCUT2D eigenvalue weighted by Gasteiger charge is 2.09. The Morgan fingerprint density at radius 3 is 2.80 bits per heavy atom. The minimum absolute atomic E-state index is 0.498. The van der Waals surface area contributed by atoms with Crippen LogP contribution in [0.2, 0.25) is 0 Å². The largest absolute Gasteiger partial charge is 0.436 e. The van der Waals surface area contributed by atoms with E-state index in [2.05, 4.69) is 15.3 Å². The van der Waals surface area contributed by atoms with Gasteiger partial charge in [-0.1, -0.05) is 17.7 Å². The van der Waals surface area contributed by atoms with Crippen molar-refractivity contribution in [3.05, 3.63) is 48.4 Å². The highest BCUT2D eigenvalue weighted by molar-refractivity contribution is 5.55. The fourth-order valence-corrected chi connectivity index (χ4v) is 1.96. The van der Waals surface area contributed by atoms with Crippen molar-refractivity contribution in [2.45, 2.75) is 13.8 Å². The van der Waals surface area contributed by atoms with Gasteiger partial charge in [-0.15, -0.1) is 0 Å². The van der Waals surface area contributed by atoms with E-state index in [0.717, 1.165) is 18.1 Å². The Balaban J connectivity index is 2.00. The van der Waals surface area contributed by atoms with Gasteiger partial charge >= 0.3 is 0 Å². The molecular formula is C15H16N4O. The van der Waals surface area contributed by atoms with Crippen LogP contribution in [-0.4, -0.2) is 20.9 Å². The van der Waals surface area contributed by atoms with Crippen LogP contribution in [0.3, 0.4) is 0 Å². The molecule has 2 heterocycles. The maximum Gasteiger partial charge on any atom is 0.265 e. The highest BCUT2D eigenvalue weighted by Crippen LogP contribution is 2.25. The maximum atomic E-state index is 5.86. The Hall–Kier alpha value is -2.56. The topological polar surface area (TPSA) is 51.5 Å². The number of benzene rings is 1. The molecule has 3 aromatic rings. The van der Waals surface area contributed by atoms with Crippen LogP contribution in [0.1, 0.15) is 12.5 Å². The first-order valence-electron chi connectivity index (χ1n) is 6.58. The summed E-state index contributed by atoms with van der Waals surface area (Å²) in [6, 6.07) is 7.87. The second kappa shape index (κ2) is 5.21. The van der Waals surface area contributed by atoms with Crippen LogP contribution in [0.25, 0.3) is 5.65 Å². The van der Waals surface area contributed by atoms with E-state index in [-0.39, 0.29) is 0 Å². The summed E-state index contributed by atoms with van der Waals surface area (Å²) in [6.45, 7) is 4.87. The van der Waals surface area contributed by atoms with Crippen molar-refractivity contribution >= 4 is 11.5 Å². The van der Waals surface area contributed by atoms with Gasteiger partial charge in [0.1, 0.15) is 11.6 Å². The van der Waals surface area contributed by atoms with Crippen LogP contribution in [0.4, 0.5) is 5.82 Å². The van der Waals surface area contributed by atoms with Crippen LogP contribution in [0, 0.1) is 6.92 Å². The van der Waals surface area contributed by atoms with Crippen LogP contribution in [-0.2, 0) is 0 Å². The first-order chi connectivity index (χ1) is 9.76. The summed E-state index contributed by atoms with van der Waals surface area (Å²) < 4.78 is 7.75. The normalized spacial score (nSPS) is 10.7. The van der Waals surface area contributed by atoms with Crippen molar-refractivity contribution in [1.82, 2.24) is 14.4 Å². The van der Waals surface area contributed by atoms with E-state index in [4.69, 9.17) is 4.74 Å². The predicted molar refractivity (Wildman–Crippen MR) is 78.4 cm³/mol. The smallest absolute Gasteiger partial charge is 0.265 e. The van der Waals surface area contributed by atoms with Gasteiger partial charge in [0.05, 0.1) is 6.20 Å².